The van der Waals surface area contributed by atoms with Gasteiger partial charge >= 0.3 is 0 Å². The number of carbonyl (C=O) groups is 1. The molecule has 4 heteroatoms. The molecule has 0 spiro atoms. The van der Waals surface area contributed by atoms with Crippen LogP contribution in [0.3, 0.4) is 0 Å². The minimum absolute atomic E-state index is 0.0713. The topological polar surface area (TPSA) is 37.3 Å². The molecule has 0 unspecified atom stereocenters. The SMILES string of the molecule is O=C(CBr)Cc1cc(O)ccc1CCl. The van der Waals surface area contributed by atoms with Crippen LogP contribution in [0.2, 0.25) is 0 Å². The molecule has 0 aromatic heterocycles. The third-order valence-electron chi connectivity index (χ3n) is 1.87. The number of phenolic OH excluding ortho intramolecular Hbond substituents is 1. The maximum Gasteiger partial charge on any atom is 0.147 e. The second-order valence-corrected chi connectivity index (χ2v) is 3.76. The van der Waals surface area contributed by atoms with Gasteiger partial charge in [0.1, 0.15) is 11.5 Å². The van der Waals surface area contributed by atoms with Gasteiger partial charge < -0.3 is 5.11 Å². The molecule has 0 aliphatic heterocycles. The van der Waals surface area contributed by atoms with Crippen LogP contribution in [0, 0.1) is 0 Å². The van der Waals surface area contributed by atoms with E-state index in [9.17, 15) is 9.90 Å². The Labute approximate surface area is 96.0 Å². The van der Waals surface area contributed by atoms with Crippen LogP contribution in [-0.4, -0.2) is 16.2 Å². The molecule has 0 bridgehead atoms. The van der Waals surface area contributed by atoms with E-state index in [0.29, 0.717) is 17.6 Å². The lowest BCUT2D eigenvalue weighted by Crippen LogP contribution is -2.05. The Morgan fingerprint density at radius 2 is 2.14 bits per heavy atom. The van der Waals surface area contributed by atoms with Crippen molar-refractivity contribution >= 4 is 33.3 Å². The van der Waals surface area contributed by atoms with E-state index in [1.807, 2.05) is 0 Å². The van der Waals surface area contributed by atoms with Crippen LogP contribution in [0.4, 0.5) is 0 Å². The molecule has 1 N–H and O–H groups in total. The predicted molar refractivity (Wildman–Crippen MR) is 60.2 cm³/mol. The molecule has 1 aromatic rings. The third-order valence-corrected chi connectivity index (χ3v) is 2.78. The first kappa shape index (κ1) is 11.5. The van der Waals surface area contributed by atoms with Gasteiger partial charge in [-0.15, -0.1) is 11.6 Å². The van der Waals surface area contributed by atoms with E-state index in [1.54, 1.807) is 18.2 Å². The van der Waals surface area contributed by atoms with Gasteiger partial charge in [0.25, 0.3) is 0 Å². The van der Waals surface area contributed by atoms with Crippen molar-refractivity contribution in [2.24, 2.45) is 0 Å². The number of alkyl halides is 2. The number of aromatic hydroxyl groups is 1. The molecule has 0 aliphatic rings. The maximum atomic E-state index is 11.2. The zero-order valence-corrected chi connectivity index (χ0v) is 9.81. The summed E-state index contributed by atoms with van der Waals surface area (Å²) in [4.78, 5) is 11.2. The second-order valence-electron chi connectivity index (χ2n) is 2.94. The molecule has 0 heterocycles. The molecule has 0 saturated carbocycles. The fraction of sp³-hybridized carbons (Fsp3) is 0.300. The zero-order chi connectivity index (χ0) is 10.6. The average molecular weight is 278 g/mol. The highest BCUT2D eigenvalue weighted by Crippen LogP contribution is 2.19. The van der Waals surface area contributed by atoms with Crippen molar-refractivity contribution in [2.75, 3.05) is 5.33 Å². The first-order chi connectivity index (χ1) is 6.67. The van der Waals surface area contributed by atoms with Crippen LogP contribution in [0.15, 0.2) is 18.2 Å². The number of carbonyl (C=O) groups excluding carboxylic acids is 1. The van der Waals surface area contributed by atoms with E-state index in [-0.39, 0.29) is 11.5 Å². The maximum absolute atomic E-state index is 11.2. The molecule has 0 radical (unpaired) electrons. The lowest BCUT2D eigenvalue weighted by atomic mass is 10.0. The summed E-state index contributed by atoms with van der Waals surface area (Å²) in [5.74, 6) is 0.587. The number of ketones is 1. The number of rotatable bonds is 4. The highest BCUT2D eigenvalue weighted by molar-refractivity contribution is 9.09. The largest absolute Gasteiger partial charge is 0.508 e. The number of hydrogen-bond donors (Lipinski definition) is 1. The van der Waals surface area contributed by atoms with E-state index in [0.717, 1.165) is 11.1 Å². The predicted octanol–water partition coefficient (Wildman–Crippen LogP) is 2.64. The molecule has 0 amide bonds. The highest BCUT2D eigenvalue weighted by atomic mass is 79.9. The van der Waals surface area contributed by atoms with Crippen molar-refractivity contribution in [3.05, 3.63) is 29.3 Å². The molecule has 0 saturated heterocycles. The molecule has 76 valence electrons. The van der Waals surface area contributed by atoms with Crippen LogP contribution < -0.4 is 0 Å². The summed E-state index contributed by atoms with van der Waals surface area (Å²) in [5, 5.41) is 9.58. The summed E-state index contributed by atoms with van der Waals surface area (Å²) in [5.41, 5.74) is 1.68. The number of Topliss-reactive ketones (excluding diaryl/α,β-unsaturated/α-hetero) is 1. The number of phenols is 1. The summed E-state index contributed by atoms with van der Waals surface area (Å²) < 4.78 is 0. The Bertz CT molecular complexity index is 339. The highest BCUT2D eigenvalue weighted by Gasteiger charge is 2.07. The van der Waals surface area contributed by atoms with Crippen molar-refractivity contribution < 1.29 is 9.90 Å². The molecule has 14 heavy (non-hydrogen) atoms. The Kier molecular flexibility index (Phi) is 4.42. The Morgan fingerprint density at radius 1 is 1.43 bits per heavy atom. The molecule has 0 aliphatic carbocycles. The van der Waals surface area contributed by atoms with Gasteiger partial charge in [-0.1, -0.05) is 22.0 Å². The normalized spacial score (nSPS) is 10.1. The standard InChI is InChI=1S/C10H10BrClO2/c11-5-10(14)4-8-3-9(13)2-1-7(8)6-12/h1-3,13H,4-6H2. The average Bonchev–Trinajstić information content (AvgIpc) is 2.18. The van der Waals surface area contributed by atoms with E-state index >= 15 is 0 Å². The summed E-state index contributed by atoms with van der Waals surface area (Å²) in [6.45, 7) is 0. The Morgan fingerprint density at radius 3 is 2.71 bits per heavy atom. The van der Waals surface area contributed by atoms with E-state index in [4.69, 9.17) is 11.6 Å². The Balaban J connectivity index is 2.93. The van der Waals surface area contributed by atoms with Crippen molar-refractivity contribution in [1.82, 2.24) is 0 Å². The van der Waals surface area contributed by atoms with E-state index in [2.05, 4.69) is 15.9 Å². The van der Waals surface area contributed by atoms with Crippen LogP contribution in [0.25, 0.3) is 0 Å². The fourth-order valence-corrected chi connectivity index (χ4v) is 1.63. The van der Waals surface area contributed by atoms with Gasteiger partial charge in [-0.2, -0.15) is 0 Å². The van der Waals surface area contributed by atoms with Gasteiger partial charge in [0.2, 0.25) is 0 Å². The lowest BCUT2D eigenvalue weighted by Gasteiger charge is -2.05. The van der Waals surface area contributed by atoms with E-state index < -0.39 is 0 Å². The fourth-order valence-electron chi connectivity index (χ4n) is 1.17. The summed E-state index contributed by atoms with van der Waals surface area (Å²) >= 11 is 8.80. The van der Waals surface area contributed by atoms with Gasteiger partial charge in [0.05, 0.1) is 5.33 Å². The van der Waals surface area contributed by atoms with Crippen LogP contribution >= 0.6 is 27.5 Å². The molecule has 0 fully saturated rings. The van der Waals surface area contributed by atoms with Gasteiger partial charge in [-0.05, 0) is 23.3 Å². The molecular formula is C10H10BrClO2. The van der Waals surface area contributed by atoms with Crippen molar-refractivity contribution in [2.45, 2.75) is 12.3 Å². The molecule has 2 nitrogen and oxygen atoms in total. The molecule has 1 rings (SSSR count). The van der Waals surface area contributed by atoms with Gasteiger partial charge in [-0.3, -0.25) is 4.79 Å². The smallest absolute Gasteiger partial charge is 0.147 e. The number of hydrogen-bond acceptors (Lipinski definition) is 2. The lowest BCUT2D eigenvalue weighted by molar-refractivity contribution is -0.115. The molecule has 0 atom stereocenters. The molecular weight excluding hydrogens is 267 g/mol. The third kappa shape index (κ3) is 3.00. The minimum atomic E-state index is 0.0713. The number of benzene rings is 1. The first-order valence-electron chi connectivity index (χ1n) is 4.11. The minimum Gasteiger partial charge on any atom is -0.508 e. The van der Waals surface area contributed by atoms with Crippen molar-refractivity contribution in [3.63, 3.8) is 0 Å². The number of halogens is 2. The summed E-state index contributed by atoms with van der Waals surface area (Å²) in [6.07, 6.45) is 0.307. The van der Waals surface area contributed by atoms with Crippen LogP contribution in [0.5, 0.6) is 5.75 Å². The van der Waals surface area contributed by atoms with Gasteiger partial charge in [0.15, 0.2) is 0 Å². The van der Waals surface area contributed by atoms with Crippen molar-refractivity contribution in [1.29, 1.82) is 0 Å². The summed E-state index contributed by atoms with van der Waals surface area (Å²) in [7, 11) is 0. The first-order valence-corrected chi connectivity index (χ1v) is 5.77. The van der Waals surface area contributed by atoms with E-state index in [1.165, 1.54) is 0 Å². The second kappa shape index (κ2) is 5.37. The zero-order valence-electron chi connectivity index (χ0n) is 7.46. The van der Waals surface area contributed by atoms with Crippen LogP contribution in [0.1, 0.15) is 11.1 Å². The Hall–Kier alpha value is -0.540. The van der Waals surface area contributed by atoms with Crippen LogP contribution in [-0.2, 0) is 17.1 Å². The van der Waals surface area contributed by atoms with Gasteiger partial charge in [0, 0.05) is 12.3 Å². The summed E-state index contributed by atoms with van der Waals surface area (Å²) in [6, 6.07) is 4.89. The van der Waals surface area contributed by atoms with Gasteiger partial charge in [-0.25, -0.2) is 0 Å². The monoisotopic (exact) mass is 276 g/mol. The van der Waals surface area contributed by atoms with Crippen molar-refractivity contribution in [3.8, 4) is 5.75 Å². The molecule has 1 aromatic carbocycles. The quantitative estimate of drug-likeness (QED) is 0.859.